The van der Waals surface area contributed by atoms with E-state index in [2.05, 4.69) is 29.4 Å². The van der Waals surface area contributed by atoms with Crippen LogP contribution in [0.1, 0.15) is 12.0 Å². The van der Waals surface area contributed by atoms with E-state index >= 15 is 0 Å². The van der Waals surface area contributed by atoms with Crippen LogP contribution in [0.25, 0.3) is 0 Å². The minimum Gasteiger partial charge on any atom is -0.272 e. The summed E-state index contributed by atoms with van der Waals surface area (Å²) in [6, 6.07) is 18.0. The zero-order chi connectivity index (χ0) is 18.4. The Kier molecular flexibility index (Phi) is 3.97. The summed E-state index contributed by atoms with van der Waals surface area (Å²) in [6.45, 7) is 0. The number of hydrogen-bond acceptors (Lipinski definition) is 4. The van der Waals surface area contributed by atoms with E-state index in [9.17, 15) is 9.59 Å². The third-order valence-electron chi connectivity index (χ3n) is 5.65. The van der Waals surface area contributed by atoms with Crippen molar-refractivity contribution in [1.29, 1.82) is 0 Å². The van der Waals surface area contributed by atoms with Gasteiger partial charge < -0.3 is 0 Å². The first-order chi connectivity index (χ1) is 13.2. The molecule has 2 bridgehead atoms. The Bertz CT molecular complexity index is 939. The molecular formula is C22H18N2O2S. The maximum Gasteiger partial charge on any atom is 0.254 e. The van der Waals surface area contributed by atoms with E-state index in [1.165, 1.54) is 0 Å². The number of nitrogens with zero attached hydrogens (tertiary/aromatic N) is 2. The lowest BCUT2D eigenvalue weighted by Gasteiger charge is -2.13. The van der Waals surface area contributed by atoms with E-state index in [-0.39, 0.29) is 35.5 Å². The number of hydrogen-bond donors (Lipinski definition) is 0. The molecule has 2 fully saturated rings. The molecule has 0 N–H and O–H groups in total. The molecule has 134 valence electrons. The van der Waals surface area contributed by atoms with Gasteiger partial charge in [-0.2, -0.15) is 10.1 Å². The molecule has 0 aromatic heterocycles. The predicted octanol–water partition coefficient (Wildman–Crippen LogP) is 3.98. The minimum atomic E-state index is -0.210. The van der Waals surface area contributed by atoms with E-state index < -0.39 is 0 Å². The molecule has 1 saturated carbocycles. The second-order valence-electron chi connectivity index (χ2n) is 7.19. The molecule has 27 heavy (non-hydrogen) atoms. The molecule has 3 aliphatic rings. The van der Waals surface area contributed by atoms with Crippen LogP contribution in [0.5, 0.6) is 0 Å². The molecule has 0 radical (unpaired) electrons. The number of rotatable bonds is 4. The Labute approximate surface area is 162 Å². The molecule has 1 saturated heterocycles. The van der Waals surface area contributed by atoms with E-state index in [0.717, 1.165) is 26.8 Å². The Morgan fingerprint density at radius 2 is 1.52 bits per heavy atom. The molecular weight excluding hydrogens is 356 g/mol. The Morgan fingerprint density at radius 3 is 2.22 bits per heavy atom. The maximum absolute atomic E-state index is 12.7. The first-order valence-electron chi connectivity index (χ1n) is 9.14. The van der Waals surface area contributed by atoms with E-state index in [4.69, 9.17) is 0 Å². The quantitative estimate of drug-likeness (QED) is 0.462. The Hall–Kier alpha value is -2.66. The van der Waals surface area contributed by atoms with Crippen molar-refractivity contribution in [1.82, 2.24) is 5.01 Å². The summed E-state index contributed by atoms with van der Waals surface area (Å²) in [6.07, 6.45) is 6.75. The molecule has 2 aromatic rings. The van der Waals surface area contributed by atoms with Crippen LogP contribution in [0, 0.1) is 23.7 Å². The zero-order valence-electron chi connectivity index (χ0n) is 14.6. The number of allylic oxidation sites excluding steroid dienone is 2. The molecule has 2 amide bonds. The van der Waals surface area contributed by atoms with Gasteiger partial charge in [0.15, 0.2) is 0 Å². The van der Waals surface area contributed by atoms with Crippen molar-refractivity contribution < 1.29 is 9.59 Å². The van der Waals surface area contributed by atoms with Gasteiger partial charge in [-0.15, -0.1) is 0 Å². The lowest BCUT2D eigenvalue weighted by Crippen LogP contribution is -2.28. The van der Waals surface area contributed by atoms with Gasteiger partial charge in [0.2, 0.25) is 0 Å². The van der Waals surface area contributed by atoms with Gasteiger partial charge in [0.1, 0.15) is 0 Å². The van der Waals surface area contributed by atoms with Crippen LogP contribution in [0.3, 0.4) is 0 Å². The SMILES string of the molecule is O=C1C2C3C=CC(C3)C2C(=O)N1N=Cc1ccccc1Sc1ccccc1. The van der Waals surface area contributed by atoms with Gasteiger partial charge in [-0.1, -0.05) is 60.3 Å². The summed E-state index contributed by atoms with van der Waals surface area (Å²) in [5.41, 5.74) is 0.894. The summed E-state index contributed by atoms with van der Waals surface area (Å²) in [7, 11) is 0. The largest absolute Gasteiger partial charge is 0.272 e. The van der Waals surface area contributed by atoms with Gasteiger partial charge in [-0.05, 0) is 36.5 Å². The molecule has 4 atom stereocenters. The van der Waals surface area contributed by atoms with Crippen molar-refractivity contribution in [2.75, 3.05) is 0 Å². The molecule has 1 heterocycles. The van der Waals surface area contributed by atoms with Gasteiger partial charge in [0.25, 0.3) is 11.8 Å². The highest BCUT2D eigenvalue weighted by Gasteiger charge is 2.59. The third kappa shape index (κ3) is 2.73. The van der Waals surface area contributed by atoms with E-state index in [0.29, 0.717) is 0 Å². The Balaban J connectivity index is 1.39. The number of benzene rings is 2. The van der Waals surface area contributed by atoms with E-state index in [1.54, 1.807) is 18.0 Å². The highest BCUT2D eigenvalue weighted by Crippen LogP contribution is 2.52. The topological polar surface area (TPSA) is 49.7 Å². The number of fused-ring (bicyclic) bond motifs is 5. The predicted molar refractivity (Wildman–Crippen MR) is 104 cm³/mol. The normalized spacial score (nSPS) is 28.5. The molecule has 5 heteroatoms. The monoisotopic (exact) mass is 374 g/mol. The third-order valence-corrected chi connectivity index (χ3v) is 6.75. The van der Waals surface area contributed by atoms with Crippen molar-refractivity contribution in [3.05, 3.63) is 72.3 Å². The summed E-state index contributed by atoms with van der Waals surface area (Å²) in [5, 5.41) is 5.41. The first-order valence-corrected chi connectivity index (χ1v) is 9.96. The fourth-order valence-corrected chi connectivity index (χ4v) is 5.35. The van der Waals surface area contributed by atoms with Gasteiger partial charge >= 0.3 is 0 Å². The second kappa shape index (κ2) is 6.50. The highest BCUT2D eigenvalue weighted by atomic mass is 32.2. The van der Waals surface area contributed by atoms with Crippen molar-refractivity contribution in [2.45, 2.75) is 16.2 Å². The summed E-state index contributed by atoms with van der Waals surface area (Å²) >= 11 is 1.64. The van der Waals surface area contributed by atoms with Gasteiger partial charge in [-0.25, -0.2) is 0 Å². The van der Waals surface area contributed by atoms with Crippen LogP contribution >= 0.6 is 11.8 Å². The fraction of sp³-hybridized carbons (Fsp3) is 0.227. The Morgan fingerprint density at radius 1 is 0.889 bits per heavy atom. The van der Waals surface area contributed by atoms with Crippen LogP contribution in [-0.4, -0.2) is 23.0 Å². The van der Waals surface area contributed by atoms with Gasteiger partial charge in [0.05, 0.1) is 18.1 Å². The molecule has 1 aliphatic heterocycles. The van der Waals surface area contributed by atoms with Crippen LogP contribution in [-0.2, 0) is 9.59 Å². The summed E-state index contributed by atoms with van der Waals surface area (Å²) in [4.78, 5) is 27.6. The number of carbonyl (C=O) groups is 2. The summed E-state index contributed by atoms with van der Waals surface area (Å²) in [5.74, 6) is -0.301. The van der Waals surface area contributed by atoms with Crippen molar-refractivity contribution in [3.8, 4) is 0 Å². The number of hydrazone groups is 1. The number of imide groups is 1. The molecule has 2 aromatic carbocycles. The second-order valence-corrected chi connectivity index (χ2v) is 8.30. The lowest BCUT2D eigenvalue weighted by molar-refractivity contribution is -0.140. The van der Waals surface area contributed by atoms with Crippen LogP contribution in [0.15, 0.2) is 81.6 Å². The average molecular weight is 374 g/mol. The first kappa shape index (κ1) is 16.5. The lowest BCUT2D eigenvalue weighted by atomic mass is 9.85. The number of amides is 2. The molecule has 5 rings (SSSR count). The van der Waals surface area contributed by atoms with Crippen molar-refractivity contribution in [2.24, 2.45) is 28.8 Å². The molecule has 2 aliphatic carbocycles. The van der Waals surface area contributed by atoms with Gasteiger partial charge in [-0.3, -0.25) is 9.59 Å². The van der Waals surface area contributed by atoms with Crippen LogP contribution < -0.4 is 0 Å². The maximum atomic E-state index is 12.7. The minimum absolute atomic E-state index is 0.147. The number of carbonyl (C=O) groups excluding carboxylic acids is 2. The molecule has 4 unspecified atom stereocenters. The van der Waals surface area contributed by atoms with Crippen LogP contribution in [0.2, 0.25) is 0 Å². The van der Waals surface area contributed by atoms with Crippen molar-refractivity contribution in [3.63, 3.8) is 0 Å². The zero-order valence-corrected chi connectivity index (χ0v) is 15.4. The van der Waals surface area contributed by atoms with Crippen LogP contribution in [0.4, 0.5) is 0 Å². The molecule has 0 spiro atoms. The standard InChI is InChI=1S/C22H18N2O2S/c25-21-19-14-10-11-15(12-14)20(19)22(26)24(21)23-13-16-6-4-5-9-18(16)27-17-7-2-1-3-8-17/h1-11,13-15,19-20H,12H2. The van der Waals surface area contributed by atoms with Crippen molar-refractivity contribution >= 4 is 29.8 Å². The van der Waals surface area contributed by atoms with E-state index in [1.807, 2.05) is 42.5 Å². The highest BCUT2D eigenvalue weighted by molar-refractivity contribution is 7.99. The fourth-order valence-electron chi connectivity index (χ4n) is 4.42. The summed E-state index contributed by atoms with van der Waals surface area (Å²) < 4.78 is 0. The molecule has 4 nitrogen and oxygen atoms in total. The van der Waals surface area contributed by atoms with Gasteiger partial charge in [0, 0.05) is 15.4 Å². The average Bonchev–Trinajstić information content (AvgIpc) is 3.37. The smallest absolute Gasteiger partial charge is 0.254 e.